The summed E-state index contributed by atoms with van der Waals surface area (Å²) in [5.41, 5.74) is 1.35. The van der Waals surface area contributed by atoms with E-state index in [-0.39, 0.29) is 17.9 Å². The van der Waals surface area contributed by atoms with E-state index in [1.54, 1.807) is 23.6 Å². The Kier molecular flexibility index (Phi) is 5.88. The average Bonchev–Trinajstić information content (AvgIpc) is 3.33. The fourth-order valence-corrected chi connectivity index (χ4v) is 4.40. The van der Waals surface area contributed by atoms with Gasteiger partial charge in [0.1, 0.15) is 17.0 Å². The summed E-state index contributed by atoms with van der Waals surface area (Å²) in [7, 11) is 1.52. The summed E-state index contributed by atoms with van der Waals surface area (Å²) in [5, 5.41) is 8.92. The second kappa shape index (κ2) is 8.62. The van der Waals surface area contributed by atoms with Gasteiger partial charge in [0.25, 0.3) is 5.56 Å². The molecule has 1 N–H and O–H groups in total. The molecule has 0 spiro atoms. The monoisotopic (exact) mass is 455 g/mol. The van der Waals surface area contributed by atoms with Crippen LogP contribution < -0.4 is 21.3 Å². The lowest BCUT2D eigenvalue weighted by Gasteiger charge is -2.10. The molecule has 10 heteroatoms. The predicted molar refractivity (Wildman–Crippen MR) is 125 cm³/mol. The molecule has 0 fully saturated rings. The first-order chi connectivity index (χ1) is 15.3. The highest BCUT2D eigenvalue weighted by molar-refractivity contribution is 7.17. The molecule has 0 bridgehead atoms. The maximum absolute atomic E-state index is 13.2. The fraction of sp³-hybridized carbons (Fsp3) is 0.364. The van der Waals surface area contributed by atoms with Gasteiger partial charge >= 0.3 is 5.69 Å². The van der Waals surface area contributed by atoms with E-state index in [0.29, 0.717) is 34.1 Å². The Morgan fingerprint density at radius 2 is 2.03 bits per heavy atom. The number of hydrogen-bond donors (Lipinski definition) is 1. The van der Waals surface area contributed by atoms with Crippen LogP contribution in [0.1, 0.15) is 25.8 Å². The number of amides is 1. The Morgan fingerprint density at radius 1 is 1.25 bits per heavy atom. The Hall–Kier alpha value is -3.40. The lowest BCUT2D eigenvalue weighted by molar-refractivity contribution is -0.117. The second-order valence-electron chi connectivity index (χ2n) is 8.10. The Morgan fingerprint density at radius 3 is 2.75 bits per heavy atom. The molecule has 0 radical (unpaired) electrons. The van der Waals surface area contributed by atoms with E-state index in [0.717, 1.165) is 16.7 Å². The first kappa shape index (κ1) is 21.8. The molecule has 168 valence electrons. The van der Waals surface area contributed by atoms with E-state index < -0.39 is 11.6 Å². The SMILES string of the molecule is COc1ccc(C)cc1NC(=O)Cn1nc2n(CCC(C)C)c(=O)c3sccc3n2c1=O. The average molecular weight is 456 g/mol. The maximum atomic E-state index is 13.2. The molecule has 0 aliphatic heterocycles. The molecule has 0 aliphatic rings. The van der Waals surface area contributed by atoms with Gasteiger partial charge in [-0.15, -0.1) is 16.4 Å². The van der Waals surface area contributed by atoms with Crippen LogP contribution in [-0.2, 0) is 17.9 Å². The Labute approximate surface area is 187 Å². The van der Waals surface area contributed by atoms with Crippen molar-refractivity contribution in [3.63, 3.8) is 0 Å². The van der Waals surface area contributed by atoms with Crippen molar-refractivity contribution in [1.29, 1.82) is 0 Å². The topological polar surface area (TPSA) is 99.6 Å². The lowest BCUT2D eigenvalue weighted by atomic mass is 10.1. The highest BCUT2D eigenvalue weighted by Crippen LogP contribution is 2.25. The lowest BCUT2D eigenvalue weighted by Crippen LogP contribution is -2.29. The van der Waals surface area contributed by atoms with Crippen LogP contribution in [0.25, 0.3) is 16.0 Å². The van der Waals surface area contributed by atoms with Gasteiger partial charge in [-0.25, -0.2) is 13.9 Å². The zero-order valence-corrected chi connectivity index (χ0v) is 19.2. The van der Waals surface area contributed by atoms with Gasteiger partial charge in [-0.2, -0.15) is 0 Å². The van der Waals surface area contributed by atoms with Gasteiger partial charge in [-0.05, 0) is 48.4 Å². The molecule has 32 heavy (non-hydrogen) atoms. The Bertz CT molecular complexity index is 1430. The molecular weight excluding hydrogens is 430 g/mol. The fourth-order valence-electron chi connectivity index (χ4n) is 3.57. The molecule has 0 saturated heterocycles. The van der Waals surface area contributed by atoms with Gasteiger partial charge in [-0.3, -0.25) is 14.2 Å². The number of aryl methyl sites for hydroxylation is 2. The molecule has 4 aromatic rings. The van der Waals surface area contributed by atoms with Crippen molar-refractivity contribution < 1.29 is 9.53 Å². The maximum Gasteiger partial charge on any atom is 0.352 e. The molecule has 0 atom stereocenters. The summed E-state index contributed by atoms with van der Waals surface area (Å²) in [5.74, 6) is 0.725. The van der Waals surface area contributed by atoms with E-state index in [9.17, 15) is 14.4 Å². The number of nitrogens with one attached hydrogen (secondary N) is 1. The van der Waals surface area contributed by atoms with Gasteiger partial charge in [0.05, 0.1) is 18.3 Å². The minimum absolute atomic E-state index is 0.172. The molecule has 9 nitrogen and oxygen atoms in total. The zero-order valence-electron chi connectivity index (χ0n) is 18.4. The quantitative estimate of drug-likeness (QED) is 0.462. The number of methoxy groups -OCH3 is 1. The van der Waals surface area contributed by atoms with Gasteiger partial charge in [-0.1, -0.05) is 19.9 Å². The minimum atomic E-state index is -0.465. The summed E-state index contributed by atoms with van der Waals surface area (Å²) < 4.78 is 9.82. The second-order valence-corrected chi connectivity index (χ2v) is 9.02. The summed E-state index contributed by atoms with van der Waals surface area (Å²) in [6.45, 7) is 6.20. The van der Waals surface area contributed by atoms with Crippen molar-refractivity contribution >= 4 is 38.9 Å². The van der Waals surface area contributed by atoms with Crippen LogP contribution in [0.4, 0.5) is 5.69 Å². The van der Waals surface area contributed by atoms with Crippen molar-refractivity contribution in [2.24, 2.45) is 5.92 Å². The van der Waals surface area contributed by atoms with E-state index in [4.69, 9.17) is 4.74 Å². The van der Waals surface area contributed by atoms with Crippen LogP contribution in [-0.4, -0.2) is 31.8 Å². The number of thiophene rings is 1. The number of fused-ring (bicyclic) bond motifs is 3. The summed E-state index contributed by atoms with van der Waals surface area (Å²) >= 11 is 1.29. The minimum Gasteiger partial charge on any atom is -0.495 e. The van der Waals surface area contributed by atoms with E-state index in [1.807, 2.05) is 13.0 Å². The molecule has 0 saturated carbocycles. The number of carbonyl (C=O) groups is 1. The molecule has 0 unspecified atom stereocenters. The molecule has 0 aliphatic carbocycles. The van der Waals surface area contributed by atoms with Crippen LogP contribution in [0.15, 0.2) is 39.2 Å². The van der Waals surface area contributed by atoms with Crippen molar-refractivity contribution in [2.45, 2.75) is 40.3 Å². The van der Waals surface area contributed by atoms with Crippen molar-refractivity contribution in [2.75, 3.05) is 12.4 Å². The Balaban J connectivity index is 1.74. The number of nitrogens with zero attached hydrogens (tertiary/aromatic N) is 4. The van der Waals surface area contributed by atoms with Crippen molar-refractivity contribution in [3.8, 4) is 5.75 Å². The summed E-state index contributed by atoms with van der Waals surface area (Å²) in [6.07, 6.45) is 0.765. The standard InChI is InChI=1S/C22H25N5O4S/c1-13(2)7-9-25-20(29)19-16(8-10-32-19)27-21(25)24-26(22(27)30)12-18(28)23-15-11-14(3)5-6-17(15)31-4/h5-6,8,10-11,13H,7,9,12H2,1-4H3,(H,23,28). The van der Waals surface area contributed by atoms with Gasteiger partial charge in [0.15, 0.2) is 0 Å². The molecule has 3 heterocycles. The van der Waals surface area contributed by atoms with Crippen molar-refractivity contribution in [3.05, 3.63) is 56.0 Å². The normalized spacial score (nSPS) is 11.5. The highest BCUT2D eigenvalue weighted by Gasteiger charge is 2.20. The number of anilines is 1. The molecule has 4 rings (SSSR count). The van der Waals surface area contributed by atoms with Crippen LogP contribution in [0.3, 0.4) is 0 Å². The smallest absolute Gasteiger partial charge is 0.352 e. The van der Waals surface area contributed by atoms with Gasteiger partial charge in [0, 0.05) is 6.54 Å². The molecule has 3 aromatic heterocycles. The van der Waals surface area contributed by atoms with E-state index in [1.165, 1.54) is 27.4 Å². The van der Waals surface area contributed by atoms with E-state index in [2.05, 4.69) is 24.3 Å². The third-order valence-electron chi connectivity index (χ3n) is 5.24. The predicted octanol–water partition coefficient (Wildman–Crippen LogP) is 2.87. The van der Waals surface area contributed by atoms with Crippen LogP contribution >= 0.6 is 11.3 Å². The first-order valence-corrected chi connectivity index (χ1v) is 11.2. The highest BCUT2D eigenvalue weighted by atomic mass is 32.1. The summed E-state index contributed by atoms with van der Waals surface area (Å²) in [6, 6.07) is 7.17. The number of aromatic nitrogens is 4. The third-order valence-corrected chi connectivity index (χ3v) is 6.13. The molecule has 1 aromatic carbocycles. The zero-order chi connectivity index (χ0) is 23.0. The number of rotatable bonds is 7. The molecular formula is C22H25N5O4S. The van der Waals surface area contributed by atoms with Gasteiger partial charge < -0.3 is 10.1 Å². The first-order valence-electron chi connectivity index (χ1n) is 10.3. The van der Waals surface area contributed by atoms with Gasteiger partial charge in [0.2, 0.25) is 11.7 Å². The van der Waals surface area contributed by atoms with Crippen molar-refractivity contribution in [1.82, 2.24) is 18.7 Å². The van der Waals surface area contributed by atoms with Crippen LogP contribution in [0.2, 0.25) is 0 Å². The number of carbonyl (C=O) groups excluding carboxylic acids is 1. The van der Waals surface area contributed by atoms with Crippen LogP contribution in [0.5, 0.6) is 5.75 Å². The van der Waals surface area contributed by atoms with E-state index >= 15 is 0 Å². The number of ether oxygens (including phenoxy) is 1. The molecule has 1 amide bonds. The third kappa shape index (κ3) is 3.93. The van der Waals surface area contributed by atoms with Crippen LogP contribution in [0, 0.1) is 12.8 Å². The summed E-state index contributed by atoms with van der Waals surface area (Å²) in [4.78, 5) is 38.9. The number of benzene rings is 1. The largest absolute Gasteiger partial charge is 0.495 e. The number of hydrogen-bond acceptors (Lipinski definition) is 6.